The Balaban J connectivity index is 2.39. The Labute approximate surface area is 112 Å². The number of hydrogen-bond acceptors (Lipinski definition) is 2. The third-order valence-electron chi connectivity index (χ3n) is 2.57. The molecule has 0 saturated carbocycles. The minimum Gasteiger partial charge on any atom is -0.478 e. The molecule has 2 amide bonds. The highest BCUT2D eigenvalue weighted by Gasteiger charge is 2.06. The average Bonchev–Trinajstić information content (AvgIpc) is 2.39. The molecule has 0 bridgehead atoms. The van der Waals surface area contributed by atoms with Crippen LogP contribution in [0, 0.1) is 12.3 Å². The maximum Gasteiger partial charge on any atom is 0.335 e. The van der Waals surface area contributed by atoms with Crippen molar-refractivity contribution in [3.8, 4) is 12.3 Å². The van der Waals surface area contributed by atoms with Crippen molar-refractivity contribution in [1.82, 2.24) is 10.2 Å². The summed E-state index contributed by atoms with van der Waals surface area (Å²) in [5.74, 6) is 1.43. The summed E-state index contributed by atoms with van der Waals surface area (Å²) in [6.07, 6.45) is 5.74. The zero-order valence-corrected chi connectivity index (χ0v) is 10.7. The number of carbonyl (C=O) groups excluding carboxylic acids is 1. The summed E-state index contributed by atoms with van der Waals surface area (Å²) in [4.78, 5) is 23.6. The lowest BCUT2D eigenvalue weighted by Gasteiger charge is -2.14. The van der Waals surface area contributed by atoms with Crippen molar-refractivity contribution in [2.75, 3.05) is 20.1 Å². The van der Waals surface area contributed by atoms with Crippen LogP contribution in [0.1, 0.15) is 15.9 Å². The summed E-state index contributed by atoms with van der Waals surface area (Å²) in [7, 11) is 1.62. The first kappa shape index (κ1) is 14.6. The number of carboxylic acids is 1. The van der Waals surface area contributed by atoms with Gasteiger partial charge in [0.05, 0.1) is 12.1 Å². The maximum absolute atomic E-state index is 11.5. The van der Waals surface area contributed by atoms with E-state index in [2.05, 4.69) is 11.2 Å². The van der Waals surface area contributed by atoms with Crippen LogP contribution in [0.5, 0.6) is 0 Å². The number of urea groups is 1. The second-order valence-electron chi connectivity index (χ2n) is 4.04. The number of carboxylic acid groups (broad SMARTS) is 1. The summed E-state index contributed by atoms with van der Waals surface area (Å²) < 4.78 is 0. The second-order valence-corrected chi connectivity index (χ2v) is 4.04. The molecule has 0 spiro atoms. The Bertz CT molecular complexity index is 488. The molecule has 0 heterocycles. The van der Waals surface area contributed by atoms with E-state index < -0.39 is 5.97 Å². The van der Waals surface area contributed by atoms with E-state index in [4.69, 9.17) is 11.5 Å². The quantitative estimate of drug-likeness (QED) is 0.782. The van der Waals surface area contributed by atoms with Crippen LogP contribution in [0.4, 0.5) is 4.79 Å². The lowest BCUT2D eigenvalue weighted by molar-refractivity contribution is 0.0697. The fourth-order valence-electron chi connectivity index (χ4n) is 1.47. The summed E-state index contributed by atoms with van der Waals surface area (Å²) in [5.41, 5.74) is 1.21. The van der Waals surface area contributed by atoms with Crippen molar-refractivity contribution in [3.63, 3.8) is 0 Å². The van der Waals surface area contributed by atoms with E-state index in [1.165, 1.54) is 4.90 Å². The molecule has 19 heavy (non-hydrogen) atoms. The Hall–Kier alpha value is -2.48. The van der Waals surface area contributed by atoms with E-state index in [-0.39, 0.29) is 18.1 Å². The molecule has 2 N–H and O–H groups in total. The maximum atomic E-state index is 11.5. The topological polar surface area (TPSA) is 69.6 Å². The van der Waals surface area contributed by atoms with Gasteiger partial charge in [0.1, 0.15) is 0 Å². The van der Waals surface area contributed by atoms with Crippen molar-refractivity contribution in [2.45, 2.75) is 6.42 Å². The van der Waals surface area contributed by atoms with E-state index in [0.717, 1.165) is 5.56 Å². The van der Waals surface area contributed by atoms with Crippen LogP contribution in [0.2, 0.25) is 0 Å². The Morgan fingerprint density at radius 2 is 2.00 bits per heavy atom. The molecule has 0 aliphatic rings. The van der Waals surface area contributed by atoms with E-state index >= 15 is 0 Å². The number of nitrogens with zero attached hydrogens (tertiary/aromatic N) is 1. The van der Waals surface area contributed by atoms with Gasteiger partial charge in [-0.05, 0) is 24.1 Å². The van der Waals surface area contributed by atoms with E-state index in [0.29, 0.717) is 13.0 Å². The molecule has 5 heteroatoms. The molecule has 1 aromatic rings. The molecular formula is C14H16N2O3. The van der Waals surface area contributed by atoms with E-state index in [1.807, 2.05) is 0 Å². The normalized spacial score (nSPS) is 9.47. The van der Waals surface area contributed by atoms with E-state index in [9.17, 15) is 9.59 Å². The molecule has 0 aromatic heterocycles. The van der Waals surface area contributed by atoms with Gasteiger partial charge in [0.2, 0.25) is 0 Å². The molecule has 0 atom stereocenters. The number of aromatic carboxylic acids is 1. The molecule has 1 aromatic carbocycles. The highest BCUT2D eigenvalue weighted by Crippen LogP contribution is 2.04. The lowest BCUT2D eigenvalue weighted by Crippen LogP contribution is -2.38. The SMILES string of the molecule is C#CCN(C)C(=O)NCCc1ccc(C(=O)O)cc1. The van der Waals surface area contributed by atoms with Crippen molar-refractivity contribution in [2.24, 2.45) is 0 Å². The zero-order chi connectivity index (χ0) is 14.3. The van der Waals surface area contributed by atoms with Crippen LogP contribution in [0.15, 0.2) is 24.3 Å². The number of benzene rings is 1. The van der Waals surface area contributed by atoms with Gasteiger partial charge in [-0.1, -0.05) is 18.1 Å². The number of terminal acetylenes is 1. The first-order valence-corrected chi connectivity index (χ1v) is 5.79. The number of amides is 2. The van der Waals surface area contributed by atoms with Crippen molar-refractivity contribution in [3.05, 3.63) is 35.4 Å². The molecule has 0 aliphatic heterocycles. The summed E-state index contributed by atoms with van der Waals surface area (Å²) in [5, 5.41) is 11.5. The number of carbonyl (C=O) groups is 2. The van der Waals surface area contributed by atoms with Gasteiger partial charge in [0.25, 0.3) is 0 Å². The molecule has 100 valence electrons. The molecule has 0 aliphatic carbocycles. The van der Waals surface area contributed by atoms with Crippen LogP contribution < -0.4 is 5.32 Å². The summed E-state index contributed by atoms with van der Waals surface area (Å²) >= 11 is 0. The Morgan fingerprint density at radius 1 is 1.37 bits per heavy atom. The standard InChI is InChI=1S/C14H16N2O3/c1-3-10-16(2)14(19)15-9-8-11-4-6-12(7-5-11)13(17)18/h1,4-7H,8-10H2,2H3,(H,15,19)(H,17,18). The third kappa shape index (κ3) is 4.72. The molecular weight excluding hydrogens is 244 g/mol. The molecule has 0 saturated heterocycles. The number of hydrogen-bond donors (Lipinski definition) is 2. The largest absolute Gasteiger partial charge is 0.478 e. The Kier molecular flexibility index (Phi) is 5.42. The van der Waals surface area contributed by atoms with Crippen LogP contribution in [0.25, 0.3) is 0 Å². The number of rotatable bonds is 5. The van der Waals surface area contributed by atoms with Crippen LogP contribution >= 0.6 is 0 Å². The minimum absolute atomic E-state index is 0.222. The Morgan fingerprint density at radius 3 is 2.53 bits per heavy atom. The highest BCUT2D eigenvalue weighted by molar-refractivity contribution is 5.87. The van der Waals surface area contributed by atoms with Crippen molar-refractivity contribution < 1.29 is 14.7 Å². The summed E-state index contributed by atoms with van der Waals surface area (Å²) in [6, 6.07) is 6.34. The van der Waals surface area contributed by atoms with Gasteiger partial charge in [0.15, 0.2) is 0 Å². The fourth-order valence-corrected chi connectivity index (χ4v) is 1.47. The molecule has 1 rings (SSSR count). The molecule has 5 nitrogen and oxygen atoms in total. The van der Waals surface area contributed by atoms with Crippen LogP contribution in [0.3, 0.4) is 0 Å². The predicted molar refractivity (Wildman–Crippen MR) is 72.0 cm³/mol. The monoisotopic (exact) mass is 260 g/mol. The molecule has 0 radical (unpaired) electrons. The first-order chi connectivity index (χ1) is 9.04. The van der Waals surface area contributed by atoms with Gasteiger partial charge < -0.3 is 15.3 Å². The predicted octanol–water partition coefficient (Wildman–Crippen LogP) is 1.20. The number of nitrogens with one attached hydrogen (secondary N) is 1. The minimum atomic E-state index is -0.948. The zero-order valence-electron chi connectivity index (χ0n) is 10.7. The fraction of sp³-hybridized carbons (Fsp3) is 0.286. The molecule has 0 fully saturated rings. The third-order valence-corrected chi connectivity index (χ3v) is 2.57. The van der Waals surface area contributed by atoms with Gasteiger partial charge in [0, 0.05) is 13.6 Å². The van der Waals surface area contributed by atoms with E-state index in [1.54, 1.807) is 31.3 Å². The van der Waals surface area contributed by atoms with Gasteiger partial charge in [-0.3, -0.25) is 0 Å². The second kappa shape index (κ2) is 7.07. The van der Waals surface area contributed by atoms with Gasteiger partial charge >= 0.3 is 12.0 Å². The van der Waals surface area contributed by atoms with Crippen LogP contribution in [-0.4, -0.2) is 42.1 Å². The molecule has 0 unspecified atom stereocenters. The van der Waals surface area contributed by atoms with Gasteiger partial charge in [-0.15, -0.1) is 6.42 Å². The lowest BCUT2D eigenvalue weighted by atomic mass is 10.1. The highest BCUT2D eigenvalue weighted by atomic mass is 16.4. The first-order valence-electron chi connectivity index (χ1n) is 5.79. The van der Waals surface area contributed by atoms with Crippen molar-refractivity contribution in [1.29, 1.82) is 0 Å². The average molecular weight is 260 g/mol. The smallest absolute Gasteiger partial charge is 0.335 e. The summed E-state index contributed by atoms with van der Waals surface area (Å²) in [6.45, 7) is 0.735. The van der Waals surface area contributed by atoms with Crippen LogP contribution in [-0.2, 0) is 6.42 Å². The van der Waals surface area contributed by atoms with Crippen molar-refractivity contribution >= 4 is 12.0 Å². The van der Waals surface area contributed by atoms with Gasteiger partial charge in [-0.25, -0.2) is 9.59 Å². The van der Waals surface area contributed by atoms with Gasteiger partial charge in [-0.2, -0.15) is 0 Å².